The number of hydrogen-bond acceptors (Lipinski definition) is 3. The van der Waals surface area contributed by atoms with E-state index in [0.717, 1.165) is 18.9 Å². The van der Waals surface area contributed by atoms with E-state index in [4.69, 9.17) is 0 Å². The first-order valence-electron chi connectivity index (χ1n) is 10.4. The van der Waals surface area contributed by atoms with Gasteiger partial charge in [-0.05, 0) is 31.1 Å². The topological polar surface area (TPSA) is 69.7 Å². The van der Waals surface area contributed by atoms with Crippen LogP contribution in [0.3, 0.4) is 0 Å². The highest BCUT2D eigenvalue weighted by Crippen LogP contribution is 2.30. The van der Waals surface area contributed by atoms with E-state index in [0.29, 0.717) is 38.4 Å². The Morgan fingerprint density at radius 2 is 1.73 bits per heavy atom. The lowest BCUT2D eigenvalue weighted by Crippen LogP contribution is -2.61. The number of hydrogen-bond donors (Lipinski definition) is 1. The van der Waals surface area contributed by atoms with E-state index in [1.165, 1.54) is 38.5 Å². The Morgan fingerprint density at radius 3 is 2.42 bits per heavy atom. The Balaban J connectivity index is 1.17. The Hall–Kier alpha value is -1.59. The van der Waals surface area contributed by atoms with Crippen LogP contribution in [-0.2, 0) is 14.4 Å². The van der Waals surface area contributed by atoms with Crippen LogP contribution in [0.4, 0.5) is 0 Å². The first kappa shape index (κ1) is 17.8. The lowest BCUT2D eigenvalue weighted by atomic mass is 10.00. The van der Waals surface area contributed by atoms with Gasteiger partial charge >= 0.3 is 0 Å². The van der Waals surface area contributed by atoms with Gasteiger partial charge in [0.1, 0.15) is 0 Å². The quantitative estimate of drug-likeness (QED) is 0.748. The lowest BCUT2D eigenvalue weighted by Gasteiger charge is -2.44. The molecule has 6 heteroatoms. The fraction of sp³-hybridized carbons (Fsp3) is 0.850. The maximum absolute atomic E-state index is 12.3. The molecule has 0 radical (unpaired) electrons. The van der Waals surface area contributed by atoms with Crippen molar-refractivity contribution in [1.29, 1.82) is 0 Å². The smallest absolute Gasteiger partial charge is 0.225 e. The largest absolute Gasteiger partial charge is 0.356 e. The molecule has 1 unspecified atom stereocenters. The number of amides is 3. The molecule has 2 aliphatic carbocycles. The van der Waals surface area contributed by atoms with Crippen molar-refractivity contribution in [2.24, 2.45) is 17.8 Å². The van der Waals surface area contributed by atoms with Crippen molar-refractivity contribution >= 4 is 17.7 Å². The van der Waals surface area contributed by atoms with Crippen molar-refractivity contribution in [1.82, 2.24) is 15.1 Å². The van der Waals surface area contributed by atoms with Gasteiger partial charge in [-0.1, -0.05) is 25.7 Å². The molecule has 2 heterocycles. The maximum atomic E-state index is 12.3. The average molecular weight is 361 g/mol. The minimum Gasteiger partial charge on any atom is -0.356 e. The van der Waals surface area contributed by atoms with E-state index >= 15 is 0 Å². The van der Waals surface area contributed by atoms with E-state index in [1.54, 1.807) is 0 Å². The molecule has 2 aliphatic heterocycles. The van der Waals surface area contributed by atoms with Gasteiger partial charge in [0.05, 0.1) is 12.0 Å². The second kappa shape index (κ2) is 7.57. The fourth-order valence-electron chi connectivity index (χ4n) is 4.61. The third-order valence-electron chi connectivity index (χ3n) is 6.69. The van der Waals surface area contributed by atoms with Gasteiger partial charge in [-0.15, -0.1) is 0 Å². The third-order valence-corrected chi connectivity index (χ3v) is 6.69. The van der Waals surface area contributed by atoms with E-state index in [2.05, 4.69) is 5.32 Å². The summed E-state index contributed by atoms with van der Waals surface area (Å²) in [6.45, 7) is 2.57. The van der Waals surface area contributed by atoms with Crippen LogP contribution in [0.15, 0.2) is 0 Å². The highest BCUT2D eigenvalue weighted by Gasteiger charge is 2.43. The van der Waals surface area contributed by atoms with E-state index in [1.807, 2.05) is 9.80 Å². The molecule has 26 heavy (non-hydrogen) atoms. The van der Waals surface area contributed by atoms with Crippen molar-refractivity contribution in [3.63, 3.8) is 0 Å². The van der Waals surface area contributed by atoms with Gasteiger partial charge in [-0.25, -0.2) is 0 Å². The van der Waals surface area contributed by atoms with Crippen LogP contribution in [0.2, 0.25) is 0 Å². The first-order chi connectivity index (χ1) is 12.6. The molecule has 6 nitrogen and oxygen atoms in total. The monoisotopic (exact) mass is 361 g/mol. The molecule has 3 amide bonds. The van der Waals surface area contributed by atoms with Crippen molar-refractivity contribution in [2.75, 3.05) is 26.2 Å². The van der Waals surface area contributed by atoms with Crippen molar-refractivity contribution in [2.45, 2.75) is 63.8 Å². The van der Waals surface area contributed by atoms with Gasteiger partial charge in [0.25, 0.3) is 0 Å². The Kier molecular flexibility index (Phi) is 5.18. The normalized spacial score (nSPS) is 27.1. The van der Waals surface area contributed by atoms with Gasteiger partial charge in [-0.2, -0.15) is 0 Å². The summed E-state index contributed by atoms with van der Waals surface area (Å²) < 4.78 is 0. The number of likely N-dealkylation sites (tertiary alicyclic amines) is 2. The zero-order valence-corrected chi connectivity index (χ0v) is 15.6. The molecule has 0 aromatic rings. The summed E-state index contributed by atoms with van der Waals surface area (Å²) in [5.41, 5.74) is 0. The highest BCUT2D eigenvalue weighted by atomic mass is 16.2. The summed E-state index contributed by atoms with van der Waals surface area (Å²) in [7, 11) is 0. The van der Waals surface area contributed by atoms with Crippen LogP contribution in [0, 0.1) is 17.8 Å². The summed E-state index contributed by atoms with van der Waals surface area (Å²) >= 11 is 0. The molecular formula is C20H31N3O3. The second-order valence-electron chi connectivity index (χ2n) is 8.78. The summed E-state index contributed by atoms with van der Waals surface area (Å²) in [6.07, 6.45) is 9.61. The van der Waals surface area contributed by atoms with Gasteiger partial charge < -0.3 is 15.1 Å². The molecule has 4 rings (SSSR count). The molecular weight excluding hydrogens is 330 g/mol. The molecule has 1 atom stereocenters. The lowest BCUT2D eigenvalue weighted by molar-refractivity contribution is -0.144. The van der Waals surface area contributed by atoms with E-state index in [-0.39, 0.29) is 29.7 Å². The first-order valence-corrected chi connectivity index (χ1v) is 10.4. The fourth-order valence-corrected chi connectivity index (χ4v) is 4.61. The molecule has 1 N–H and O–H groups in total. The zero-order chi connectivity index (χ0) is 18.1. The number of nitrogens with one attached hydrogen (secondary N) is 1. The van der Waals surface area contributed by atoms with E-state index < -0.39 is 0 Å². The van der Waals surface area contributed by atoms with Crippen LogP contribution < -0.4 is 5.32 Å². The molecule has 2 saturated carbocycles. The SMILES string of the molecule is O=C(NCC1CC1)C1CC(=O)N(C2CN(C(=O)CCC3CCCC3)C2)C1. The van der Waals surface area contributed by atoms with Crippen LogP contribution in [0.5, 0.6) is 0 Å². The van der Waals surface area contributed by atoms with Crippen LogP contribution in [0.1, 0.15) is 57.8 Å². The van der Waals surface area contributed by atoms with Gasteiger partial charge in [0.2, 0.25) is 17.7 Å². The molecule has 4 aliphatic rings. The van der Waals surface area contributed by atoms with E-state index in [9.17, 15) is 14.4 Å². The molecule has 2 saturated heterocycles. The van der Waals surface area contributed by atoms with Gasteiger partial charge in [-0.3, -0.25) is 14.4 Å². The predicted octanol–water partition coefficient (Wildman–Crippen LogP) is 1.54. The van der Waals surface area contributed by atoms with Crippen LogP contribution in [0.25, 0.3) is 0 Å². The molecule has 0 spiro atoms. The highest BCUT2D eigenvalue weighted by molar-refractivity contribution is 5.89. The van der Waals surface area contributed by atoms with Gasteiger partial charge in [0, 0.05) is 39.0 Å². The average Bonchev–Trinajstić information content (AvgIpc) is 3.11. The number of nitrogens with zero attached hydrogens (tertiary/aromatic N) is 2. The molecule has 0 aromatic carbocycles. The molecule has 0 bridgehead atoms. The number of rotatable bonds is 7. The summed E-state index contributed by atoms with van der Waals surface area (Å²) in [4.78, 5) is 40.5. The summed E-state index contributed by atoms with van der Waals surface area (Å²) in [5, 5.41) is 2.99. The minimum absolute atomic E-state index is 0.0246. The second-order valence-corrected chi connectivity index (χ2v) is 8.78. The number of carbonyl (C=O) groups excluding carboxylic acids is 3. The predicted molar refractivity (Wildman–Crippen MR) is 97.1 cm³/mol. The Bertz CT molecular complexity index is 563. The van der Waals surface area contributed by atoms with Gasteiger partial charge in [0.15, 0.2) is 0 Å². The van der Waals surface area contributed by atoms with Crippen LogP contribution >= 0.6 is 0 Å². The van der Waals surface area contributed by atoms with Crippen molar-refractivity contribution in [3.8, 4) is 0 Å². The third kappa shape index (κ3) is 4.04. The molecule has 0 aromatic heterocycles. The summed E-state index contributed by atoms with van der Waals surface area (Å²) in [6, 6.07) is 0.110. The van der Waals surface area contributed by atoms with Crippen LogP contribution in [-0.4, -0.2) is 59.7 Å². The van der Waals surface area contributed by atoms with Crippen molar-refractivity contribution in [3.05, 3.63) is 0 Å². The summed E-state index contributed by atoms with van der Waals surface area (Å²) in [5.74, 6) is 1.51. The Morgan fingerprint density at radius 1 is 1.00 bits per heavy atom. The maximum Gasteiger partial charge on any atom is 0.225 e. The molecule has 144 valence electrons. The zero-order valence-electron chi connectivity index (χ0n) is 15.6. The minimum atomic E-state index is -0.214. The Labute approximate surface area is 155 Å². The van der Waals surface area contributed by atoms with Crippen molar-refractivity contribution < 1.29 is 14.4 Å². The molecule has 4 fully saturated rings. The number of carbonyl (C=O) groups is 3. The standard InChI is InChI=1S/C20H31N3O3/c24-18(8-7-14-3-1-2-4-14)22-12-17(13-22)23-11-16(9-19(23)25)20(26)21-10-15-5-6-15/h14-17H,1-13H2,(H,21,26).